The molecule has 198 valence electrons. The van der Waals surface area contributed by atoms with E-state index in [1.54, 1.807) is 12.1 Å². The monoisotopic (exact) mass is 538 g/mol. The molecule has 0 spiro atoms. The molecule has 3 rings (SSSR count). The Bertz CT molecular complexity index is 1320. The van der Waals surface area contributed by atoms with Gasteiger partial charge in [0.05, 0.1) is 22.0 Å². The van der Waals surface area contributed by atoms with E-state index in [-0.39, 0.29) is 33.8 Å². The summed E-state index contributed by atoms with van der Waals surface area (Å²) in [6.07, 6.45) is -4.53. The zero-order valence-corrected chi connectivity index (χ0v) is 20.6. The molecule has 3 aromatic rings. The van der Waals surface area contributed by atoms with E-state index in [9.17, 15) is 26.4 Å². The maximum atomic E-state index is 12.9. The summed E-state index contributed by atoms with van der Waals surface area (Å²) in [6.45, 7) is 3.89. The summed E-state index contributed by atoms with van der Waals surface area (Å²) in [6, 6.07) is 13.8. The Labute approximate surface area is 211 Å². The maximum absolute atomic E-state index is 12.9. The average Bonchev–Trinajstić information content (AvgIpc) is 2.82. The summed E-state index contributed by atoms with van der Waals surface area (Å²) in [5, 5.41) is 5.83. The van der Waals surface area contributed by atoms with Crippen molar-refractivity contribution >= 4 is 21.4 Å². The van der Waals surface area contributed by atoms with Crippen molar-refractivity contribution in [3.05, 3.63) is 72.6 Å². The van der Waals surface area contributed by atoms with Crippen molar-refractivity contribution in [2.75, 3.05) is 12.3 Å². The maximum Gasteiger partial charge on any atom is 0.573 e. The molecule has 0 aliphatic rings. The molecule has 0 saturated heterocycles. The highest BCUT2D eigenvalue weighted by Crippen LogP contribution is 2.27. The molecule has 1 aromatic heterocycles. The van der Waals surface area contributed by atoms with Gasteiger partial charge in [-0.1, -0.05) is 18.2 Å². The first-order valence-corrected chi connectivity index (χ1v) is 12.5. The molecule has 0 radical (unpaired) electrons. The molecule has 1 unspecified atom stereocenters. The molecular formula is C24H25F3N4O5S. The van der Waals surface area contributed by atoms with Crippen LogP contribution in [0.3, 0.4) is 0 Å². The third-order valence-electron chi connectivity index (χ3n) is 4.77. The largest absolute Gasteiger partial charge is 0.573 e. The fraction of sp³-hybridized carbons (Fsp3) is 0.250. The Morgan fingerprint density at radius 2 is 1.68 bits per heavy atom. The van der Waals surface area contributed by atoms with Gasteiger partial charge in [-0.05, 0) is 56.3 Å². The SMILES string of the molecule is CC(C)NC(CNC(=O)c1ncc(S(=O)(=O)c2ccc(OC(F)(F)F)cc2)cc1N)Oc1ccccc1. The number of sulfone groups is 1. The van der Waals surface area contributed by atoms with Crippen LogP contribution >= 0.6 is 0 Å². The number of nitrogens with two attached hydrogens (primary N) is 1. The van der Waals surface area contributed by atoms with Crippen molar-refractivity contribution in [3.63, 3.8) is 0 Å². The number of carbonyl (C=O) groups is 1. The van der Waals surface area contributed by atoms with Crippen molar-refractivity contribution in [3.8, 4) is 11.5 Å². The number of para-hydroxylation sites is 1. The second-order valence-corrected chi connectivity index (χ2v) is 10.0. The fourth-order valence-corrected chi connectivity index (χ4v) is 4.43. The van der Waals surface area contributed by atoms with Crippen molar-refractivity contribution < 1.29 is 35.9 Å². The molecule has 9 nitrogen and oxygen atoms in total. The summed E-state index contributed by atoms with van der Waals surface area (Å²) in [7, 11) is -4.18. The van der Waals surface area contributed by atoms with Gasteiger partial charge in [0.1, 0.15) is 11.5 Å². The first-order chi connectivity index (χ1) is 17.3. The molecule has 37 heavy (non-hydrogen) atoms. The van der Waals surface area contributed by atoms with E-state index in [1.165, 1.54) is 0 Å². The second kappa shape index (κ2) is 11.5. The highest BCUT2D eigenvalue weighted by Gasteiger charge is 2.31. The van der Waals surface area contributed by atoms with Crippen LogP contribution < -0.4 is 25.8 Å². The number of anilines is 1. The second-order valence-electron chi connectivity index (χ2n) is 8.08. The van der Waals surface area contributed by atoms with E-state index in [4.69, 9.17) is 10.5 Å². The van der Waals surface area contributed by atoms with Gasteiger partial charge in [-0.15, -0.1) is 13.2 Å². The van der Waals surface area contributed by atoms with E-state index in [0.717, 1.165) is 36.5 Å². The molecular weight excluding hydrogens is 513 g/mol. The highest BCUT2D eigenvalue weighted by molar-refractivity contribution is 7.91. The van der Waals surface area contributed by atoms with Crippen LogP contribution in [-0.4, -0.2) is 44.5 Å². The number of hydrogen-bond donors (Lipinski definition) is 3. The number of amides is 1. The molecule has 4 N–H and O–H groups in total. The number of carbonyl (C=O) groups excluding carboxylic acids is 1. The lowest BCUT2D eigenvalue weighted by atomic mass is 10.3. The quantitative estimate of drug-likeness (QED) is 0.334. The zero-order valence-electron chi connectivity index (χ0n) is 19.8. The third-order valence-corrected chi connectivity index (χ3v) is 6.51. The zero-order chi connectivity index (χ0) is 27.2. The van der Waals surface area contributed by atoms with E-state index in [0.29, 0.717) is 5.75 Å². The average molecular weight is 539 g/mol. The van der Waals surface area contributed by atoms with Crippen molar-refractivity contribution in [2.45, 2.75) is 42.3 Å². The number of alkyl halides is 3. The topological polar surface area (TPSA) is 133 Å². The van der Waals surface area contributed by atoms with Gasteiger partial charge >= 0.3 is 6.36 Å². The molecule has 0 bridgehead atoms. The number of ether oxygens (including phenoxy) is 2. The highest BCUT2D eigenvalue weighted by atomic mass is 32.2. The van der Waals surface area contributed by atoms with Gasteiger partial charge in [0.25, 0.3) is 5.91 Å². The Balaban J connectivity index is 1.71. The fourth-order valence-electron chi connectivity index (χ4n) is 3.19. The van der Waals surface area contributed by atoms with Crippen LogP contribution in [0.15, 0.2) is 76.7 Å². The van der Waals surface area contributed by atoms with E-state index >= 15 is 0 Å². The van der Waals surface area contributed by atoms with Gasteiger partial charge in [-0.2, -0.15) is 0 Å². The molecule has 1 atom stereocenters. The van der Waals surface area contributed by atoms with Crippen molar-refractivity contribution in [2.24, 2.45) is 0 Å². The van der Waals surface area contributed by atoms with E-state index in [1.807, 2.05) is 32.0 Å². The molecule has 2 aromatic carbocycles. The predicted octanol–water partition coefficient (Wildman–Crippen LogP) is 3.53. The predicted molar refractivity (Wildman–Crippen MR) is 129 cm³/mol. The van der Waals surface area contributed by atoms with Crippen LogP contribution in [0.4, 0.5) is 18.9 Å². The molecule has 1 amide bonds. The normalized spacial score (nSPS) is 12.7. The molecule has 0 aliphatic heterocycles. The molecule has 1 heterocycles. The van der Waals surface area contributed by atoms with Gasteiger partial charge in [-0.25, -0.2) is 13.4 Å². The van der Waals surface area contributed by atoms with Crippen molar-refractivity contribution in [1.29, 1.82) is 0 Å². The Hall–Kier alpha value is -3.84. The Morgan fingerprint density at radius 1 is 1.03 bits per heavy atom. The number of nitrogens with one attached hydrogen (secondary N) is 2. The first-order valence-electron chi connectivity index (χ1n) is 11.0. The smallest absolute Gasteiger partial charge is 0.473 e. The number of halogens is 3. The standard InChI is InChI=1S/C24H25F3N4O5S/c1-15(2)31-21(35-16-6-4-3-5-7-16)14-30-23(32)22-20(28)12-19(13-29-22)37(33,34)18-10-8-17(9-11-18)36-24(25,26)27/h3-13,15,21,31H,14,28H2,1-2H3,(H,30,32). The van der Waals surface area contributed by atoms with Gasteiger partial charge < -0.3 is 20.5 Å². The number of pyridine rings is 1. The summed E-state index contributed by atoms with van der Waals surface area (Å²) < 4.78 is 72.4. The van der Waals surface area contributed by atoms with Gasteiger partial charge in [0.15, 0.2) is 11.9 Å². The van der Waals surface area contributed by atoms with Gasteiger partial charge in [0.2, 0.25) is 9.84 Å². The van der Waals surface area contributed by atoms with Crippen LogP contribution in [0, 0.1) is 0 Å². The molecule has 0 saturated carbocycles. The van der Waals surface area contributed by atoms with E-state index < -0.39 is 34.1 Å². The van der Waals surface area contributed by atoms with Crippen LogP contribution in [0.1, 0.15) is 24.3 Å². The lowest BCUT2D eigenvalue weighted by molar-refractivity contribution is -0.274. The minimum atomic E-state index is -4.91. The number of hydrogen-bond acceptors (Lipinski definition) is 8. The summed E-state index contributed by atoms with van der Waals surface area (Å²) in [5.74, 6) is -0.625. The van der Waals surface area contributed by atoms with Crippen LogP contribution in [0.5, 0.6) is 11.5 Å². The lowest BCUT2D eigenvalue weighted by Gasteiger charge is -2.23. The Morgan fingerprint density at radius 3 is 2.24 bits per heavy atom. The molecule has 0 fully saturated rings. The van der Waals surface area contributed by atoms with Gasteiger partial charge in [0, 0.05) is 12.2 Å². The lowest BCUT2D eigenvalue weighted by Crippen LogP contribution is -2.47. The number of nitrogen functional groups attached to an aromatic ring is 1. The van der Waals surface area contributed by atoms with E-state index in [2.05, 4.69) is 20.4 Å². The summed E-state index contributed by atoms with van der Waals surface area (Å²) in [5.41, 5.74) is 5.52. The van der Waals surface area contributed by atoms with Crippen LogP contribution in [0.2, 0.25) is 0 Å². The first kappa shape index (κ1) is 27.7. The number of benzene rings is 2. The molecule has 0 aliphatic carbocycles. The summed E-state index contributed by atoms with van der Waals surface area (Å²) in [4.78, 5) is 16.0. The number of aromatic nitrogens is 1. The Kier molecular flexibility index (Phi) is 8.61. The van der Waals surface area contributed by atoms with Crippen molar-refractivity contribution in [1.82, 2.24) is 15.6 Å². The minimum Gasteiger partial charge on any atom is -0.473 e. The van der Waals surface area contributed by atoms with Gasteiger partial charge in [-0.3, -0.25) is 10.1 Å². The summed E-state index contributed by atoms with van der Waals surface area (Å²) >= 11 is 0. The third kappa shape index (κ3) is 7.82. The number of nitrogens with zero attached hydrogens (tertiary/aromatic N) is 1. The van der Waals surface area contributed by atoms with Crippen LogP contribution in [0.25, 0.3) is 0 Å². The number of rotatable bonds is 10. The van der Waals surface area contributed by atoms with Crippen LogP contribution in [-0.2, 0) is 9.84 Å². The molecule has 13 heteroatoms. The minimum absolute atomic E-state index is 0.0485.